The molecule has 0 aliphatic rings. The van der Waals surface area contributed by atoms with Gasteiger partial charge in [0.1, 0.15) is 0 Å². The quantitative estimate of drug-likeness (QED) is 0.156. The largest absolute Gasteiger partial charge is 0.310 e. The lowest BCUT2D eigenvalue weighted by Gasteiger charge is -2.29. The summed E-state index contributed by atoms with van der Waals surface area (Å²) in [6.45, 7) is 0. The van der Waals surface area contributed by atoms with Crippen LogP contribution in [0.3, 0.4) is 0 Å². The molecule has 0 spiro atoms. The van der Waals surface area contributed by atoms with Crippen LogP contribution < -0.4 is 4.90 Å². The molecule has 0 saturated heterocycles. The van der Waals surface area contributed by atoms with Crippen molar-refractivity contribution in [3.8, 4) is 39.1 Å². The number of fused-ring (bicyclic) bond motifs is 7. The molecule has 0 N–H and O–H groups in total. The maximum atomic E-state index is 2.44. The van der Waals surface area contributed by atoms with E-state index in [0.717, 1.165) is 22.7 Å². The molecule has 0 bridgehead atoms. The second-order valence-electron chi connectivity index (χ2n) is 15.7. The van der Waals surface area contributed by atoms with Crippen LogP contribution in [-0.4, -0.2) is 4.57 Å². The minimum absolute atomic E-state index is 1.08. The lowest BCUT2D eigenvalue weighted by atomic mass is 9.96. The third kappa shape index (κ3) is 6.01. The molecule has 0 atom stereocenters. The molecular formula is C58H38N2S. The van der Waals surface area contributed by atoms with Crippen molar-refractivity contribution in [3.05, 3.63) is 231 Å². The maximum absolute atomic E-state index is 2.44. The molecule has 12 aromatic rings. The van der Waals surface area contributed by atoms with E-state index in [1.165, 1.54) is 86.1 Å². The highest BCUT2D eigenvalue weighted by atomic mass is 32.1. The molecule has 0 aliphatic heterocycles. The highest BCUT2D eigenvalue weighted by molar-refractivity contribution is 7.25. The van der Waals surface area contributed by atoms with Crippen LogP contribution in [0.25, 0.3) is 91.8 Å². The SMILES string of the molecule is c1cc(N(c2ccc(-c3ccc(-c4ccc5ccccc5c4)cc3)cc2)c2ccccc2-c2cccc3sc4ccccc4c23)cc(-n2c3ccccc3c3ccccc32)c1. The van der Waals surface area contributed by atoms with E-state index < -0.39 is 0 Å². The second-order valence-corrected chi connectivity index (χ2v) is 16.8. The van der Waals surface area contributed by atoms with Gasteiger partial charge in [-0.15, -0.1) is 11.3 Å². The molecule has 2 heterocycles. The van der Waals surface area contributed by atoms with E-state index in [1.54, 1.807) is 0 Å². The van der Waals surface area contributed by atoms with Crippen LogP contribution in [0.15, 0.2) is 231 Å². The minimum atomic E-state index is 1.08. The van der Waals surface area contributed by atoms with Crippen LogP contribution >= 0.6 is 11.3 Å². The van der Waals surface area contributed by atoms with Crippen LogP contribution in [0.4, 0.5) is 17.1 Å². The van der Waals surface area contributed by atoms with Gasteiger partial charge < -0.3 is 9.47 Å². The van der Waals surface area contributed by atoms with E-state index in [9.17, 15) is 0 Å². The first-order valence-corrected chi connectivity index (χ1v) is 21.6. The fourth-order valence-electron chi connectivity index (χ4n) is 9.32. The fraction of sp³-hybridized carbons (Fsp3) is 0. The van der Waals surface area contributed by atoms with E-state index in [1.807, 2.05) is 11.3 Å². The lowest BCUT2D eigenvalue weighted by Crippen LogP contribution is -2.12. The number of benzene rings is 10. The molecule has 10 aromatic carbocycles. The summed E-state index contributed by atoms with van der Waals surface area (Å²) >= 11 is 1.86. The van der Waals surface area contributed by atoms with E-state index >= 15 is 0 Å². The number of thiophene rings is 1. The van der Waals surface area contributed by atoms with Crippen LogP contribution in [0.1, 0.15) is 0 Å². The maximum Gasteiger partial charge on any atom is 0.0541 e. The van der Waals surface area contributed by atoms with Gasteiger partial charge in [-0.05, 0) is 105 Å². The summed E-state index contributed by atoms with van der Waals surface area (Å²) < 4.78 is 5.00. The van der Waals surface area contributed by atoms with E-state index in [2.05, 4.69) is 240 Å². The Balaban J connectivity index is 1.00. The fourth-order valence-corrected chi connectivity index (χ4v) is 10.5. The molecule has 0 unspecified atom stereocenters. The smallest absolute Gasteiger partial charge is 0.0541 e. The molecule has 0 radical (unpaired) electrons. The second kappa shape index (κ2) is 14.5. The van der Waals surface area contributed by atoms with Crippen LogP contribution in [0.2, 0.25) is 0 Å². The highest BCUT2D eigenvalue weighted by Crippen LogP contribution is 2.46. The number of hydrogen-bond donors (Lipinski definition) is 0. The van der Waals surface area contributed by atoms with Crippen molar-refractivity contribution in [1.29, 1.82) is 0 Å². The van der Waals surface area contributed by atoms with Crippen LogP contribution in [-0.2, 0) is 0 Å². The Hall–Kier alpha value is -7.72. The Bertz CT molecular complexity index is 3540. The van der Waals surface area contributed by atoms with Crippen LogP contribution in [0.5, 0.6) is 0 Å². The van der Waals surface area contributed by atoms with Crippen molar-refractivity contribution in [2.24, 2.45) is 0 Å². The van der Waals surface area contributed by atoms with E-state index in [0.29, 0.717) is 0 Å². The van der Waals surface area contributed by atoms with Crippen molar-refractivity contribution >= 4 is 81.1 Å². The summed E-state index contributed by atoms with van der Waals surface area (Å²) in [7, 11) is 0. The summed E-state index contributed by atoms with van der Waals surface area (Å²) in [5, 5.41) is 7.62. The number of anilines is 3. The van der Waals surface area contributed by atoms with E-state index in [4.69, 9.17) is 0 Å². The molecular weight excluding hydrogens is 757 g/mol. The third-order valence-electron chi connectivity index (χ3n) is 12.2. The topological polar surface area (TPSA) is 8.17 Å². The van der Waals surface area contributed by atoms with Gasteiger partial charge in [-0.2, -0.15) is 0 Å². The predicted molar refractivity (Wildman–Crippen MR) is 262 cm³/mol. The molecule has 2 nitrogen and oxygen atoms in total. The van der Waals surface area contributed by atoms with Gasteiger partial charge in [-0.1, -0.05) is 164 Å². The Kier molecular flexibility index (Phi) is 8.39. The third-order valence-corrected chi connectivity index (χ3v) is 13.3. The van der Waals surface area contributed by atoms with Crippen molar-refractivity contribution in [3.63, 3.8) is 0 Å². The number of rotatable bonds is 7. The Morgan fingerprint density at radius 2 is 0.902 bits per heavy atom. The molecule has 286 valence electrons. The van der Waals surface area contributed by atoms with Gasteiger partial charge >= 0.3 is 0 Å². The summed E-state index contributed by atoms with van der Waals surface area (Å²) in [6.07, 6.45) is 0. The lowest BCUT2D eigenvalue weighted by molar-refractivity contribution is 1.17. The molecule has 61 heavy (non-hydrogen) atoms. The van der Waals surface area contributed by atoms with Gasteiger partial charge in [-0.3, -0.25) is 0 Å². The highest BCUT2D eigenvalue weighted by Gasteiger charge is 2.21. The van der Waals surface area contributed by atoms with Gasteiger partial charge in [0.2, 0.25) is 0 Å². The summed E-state index contributed by atoms with van der Waals surface area (Å²) in [6, 6.07) is 84.2. The molecule has 0 aliphatic carbocycles. The zero-order valence-corrected chi connectivity index (χ0v) is 34.1. The van der Waals surface area contributed by atoms with Crippen molar-refractivity contribution < 1.29 is 0 Å². The zero-order valence-electron chi connectivity index (χ0n) is 33.2. The van der Waals surface area contributed by atoms with Crippen molar-refractivity contribution in [2.45, 2.75) is 0 Å². The number of aromatic nitrogens is 1. The van der Waals surface area contributed by atoms with Gasteiger partial charge in [0.15, 0.2) is 0 Å². The van der Waals surface area contributed by atoms with Gasteiger partial charge in [-0.25, -0.2) is 0 Å². The normalized spacial score (nSPS) is 11.6. The molecule has 0 fully saturated rings. The first-order chi connectivity index (χ1) is 30.2. The summed E-state index contributed by atoms with van der Waals surface area (Å²) in [5.41, 5.74) is 14.0. The molecule has 12 rings (SSSR count). The molecule has 2 aromatic heterocycles. The van der Waals surface area contributed by atoms with Crippen LogP contribution in [0, 0.1) is 0 Å². The Morgan fingerprint density at radius 3 is 1.67 bits per heavy atom. The molecule has 0 amide bonds. The van der Waals surface area contributed by atoms with Gasteiger partial charge in [0, 0.05) is 53.6 Å². The molecule has 0 saturated carbocycles. The Labute approximate surface area is 358 Å². The average molecular weight is 795 g/mol. The monoisotopic (exact) mass is 794 g/mol. The minimum Gasteiger partial charge on any atom is -0.310 e. The summed E-state index contributed by atoms with van der Waals surface area (Å²) in [5.74, 6) is 0. The van der Waals surface area contributed by atoms with E-state index in [-0.39, 0.29) is 0 Å². The average Bonchev–Trinajstić information content (AvgIpc) is 3.88. The predicted octanol–water partition coefficient (Wildman–Crippen LogP) is 16.8. The number of nitrogens with zero attached hydrogens (tertiary/aromatic N) is 2. The van der Waals surface area contributed by atoms with Crippen molar-refractivity contribution in [1.82, 2.24) is 4.57 Å². The zero-order chi connectivity index (χ0) is 40.3. The van der Waals surface area contributed by atoms with Gasteiger partial charge in [0.25, 0.3) is 0 Å². The Morgan fingerprint density at radius 1 is 0.344 bits per heavy atom. The van der Waals surface area contributed by atoms with Crippen molar-refractivity contribution in [2.75, 3.05) is 4.90 Å². The number of hydrogen-bond acceptors (Lipinski definition) is 2. The first-order valence-electron chi connectivity index (χ1n) is 20.8. The number of para-hydroxylation sites is 3. The first kappa shape index (κ1) is 35.2. The summed E-state index contributed by atoms with van der Waals surface area (Å²) in [4.78, 5) is 2.44. The standard InChI is InChI=1S/C58H38N2S/c1-2-14-43-37-44(32-31-39(43)13-1)42-29-27-40(28-30-42)41-33-35-45(36-34-41)59(46-15-11-16-47(38-46)60-54-23-8-3-17-48(54)49-18-4-9-24-55(49)60)53-22-7-5-19-50(53)51-21-12-26-57-58(51)52-20-6-10-25-56(52)61-57/h1-38H. The molecule has 3 heteroatoms. The van der Waals surface area contributed by atoms with Gasteiger partial charge in [0.05, 0.1) is 16.7 Å².